The number of hydrogen-bond acceptors (Lipinski definition) is 3. The van der Waals surface area contributed by atoms with Gasteiger partial charge in [-0.15, -0.1) is 0 Å². The smallest absolute Gasteiger partial charge is 0.318 e. The molecule has 0 aliphatic carbocycles. The standard InChI is InChI=1S/C14H12F3N3O2/c1-20-8-9(2-7-12(20)21)13(22)19-18-11-5-3-10(4-6-11)14(15,16)17/h2-8,18H,1H3,(H,19,22). The molecule has 116 valence electrons. The molecule has 2 rings (SSSR count). The summed E-state index contributed by atoms with van der Waals surface area (Å²) in [7, 11) is 1.50. The summed E-state index contributed by atoms with van der Waals surface area (Å²) in [6.07, 6.45) is -3.05. The number of nitrogens with one attached hydrogen (secondary N) is 2. The first-order valence-electron chi connectivity index (χ1n) is 6.17. The summed E-state index contributed by atoms with van der Waals surface area (Å²) in [5.74, 6) is -0.518. The van der Waals surface area contributed by atoms with Crippen LogP contribution in [-0.4, -0.2) is 10.5 Å². The molecule has 0 saturated heterocycles. The van der Waals surface area contributed by atoms with Crippen molar-refractivity contribution < 1.29 is 18.0 Å². The van der Waals surface area contributed by atoms with Gasteiger partial charge in [0.05, 0.1) is 16.8 Å². The number of hydrazine groups is 1. The van der Waals surface area contributed by atoms with Crippen molar-refractivity contribution in [1.29, 1.82) is 0 Å². The van der Waals surface area contributed by atoms with E-state index in [1.807, 2.05) is 0 Å². The molecule has 0 unspecified atom stereocenters. The van der Waals surface area contributed by atoms with Gasteiger partial charge in [-0.2, -0.15) is 13.2 Å². The third kappa shape index (κ3) is 3.66. The first-order chi connectivity index (χ1) is 10.3. The second kappa shape index (κ2) is 5.92. The summed E-state index contributed by atoms with van der Waals surface area (Å²) >= 11 is 0. The maximum absolute atomic E-state index is 12.4. The summed E-state index contributed by atoms with van der Waals surface area (Å²) < 4.78 is 38.5. The molecule has 1 aromatic heterocycles. The van der Waals surface area contributed by atoms with Crippen LogP contribution in [0.1, 0.15) is 15.9 Å². The monoisotopic (exact) mass is 311 g/mol. The summed E-state index contributed by atoms with van der Waals surface area (Å²) in [5.41, 5.74) is 4.34. The first-order valence-corrected chi connectivity index (χ1v) is 6.17. The second-order valence-electron chi connectivity index (χ2n) is 4.52. The number of anilines is 1. The fourth-order valence-corrected chi connectivity index (χ4v) is 1.67. The summed E-state index contributed by atoms with van der Waals surface area (Å²) in [4.78, 5) is 23.0. The minimum absolute atomic E-state index is 0.238. The number of carbonyl (C=O) groups is 1. The van der Waals surface area contributed by atoms with Gasteiger partial charge in [-0.05, 0) is 30.3 Å². The molecule has 0 bridgehead atoms. The average molecular weight is 311 g/mol. The van der Waals surface area contributed by atoms with E-state index in [2.05, 4.69) is 10.9 Å². The molecule has 0 atom stereocenters. The highest BCUT2D eigenvalue weighted by atomic mass is 19.4. The Morgan fingerprint density at radius 3 is 2.27 bits per heavy atom. The fourth-order valence-electron chi connectivity index (χ4n) is 1.67. The molecule has 0 aliphatic heterocycles. The molecule has 0 spiro atoms. The molecular weight excluding hydrogens is 299 g/mol. The van der Waals surface area contributed by atoms with Gasteiger partial charge in [-0.25, -0.2) is 0 Å². The normalized spacial score (nSPS) is 11.1. The molecule has 1 aromatic carbocycles. The lowest BCUT2D eigenvalue weighted by molar-refractivity contribution is -0.137. The number of aromatic nitrogens is 1. The van der Waals surface area contributed by atoms with E-state index in [0.717, 1.165) is 12.1 Å². The van der Waals surface area contributed by atoms with Crippen LogP contribution in [0.25, 0.3) is 0 Å². The van der Waals surface area contributed by atoms with Gasteiger partial charge in [0.25, 0.3) is 5.91 Å². The molecule has 2 N–H and O–H groups in total. The number of aryl methyl sites for hydroxylation is 1. The van der Waals surface area contributed by atoms with E-state index in [-0.39, 0.29) is 11.1 Å². The van der Waals surface area contributed by atoms with Crippen LogP contribution in [0.2, 0.25) is 0 Å². The number of pyridine rings is 1. The Morgan fingerprint density at radius 2 is 1.73 bits per heavy atom. The van der Waals surface area contributed by atoms with Gasteiger partial charge in [0.2, 0.25) is 5.56 Å². The number of hydrogen-bond donors (Lipinski definition) is 2. The maximum Gasteiger partial charge on any atom is 0.416 e. The molecule has 2 aromatic rings. The number of rotatable bonds is 3. The van der Waals surface area contributed by atoms with Crippen LogP contribution in [-0.2, 0) is 13.2 Å². The maximum atomic E-state index is 12.4. The molecule has 5 nitrogen and oxygen atoms in total. The topological polar surface area (TPSA) is 63.1 Å². The molecule has 0 fully saturated rings. The fraction of sp³-hybridized carbons (Fsp3) is 0.143. The van der Waals surface area contributed by atoms with Crippen molar-refractivity contribution >= 4 is 11.6 Å². The van der Waals surface area contributed by atoms with Crippen molar-refractivity contribution in [3.05, 3.63) is 64.1 Å². The van der Waals surface area contributed by atoms with Crippen LogP contribution in [0.5, 0.6) is 0 Å². The highest BCUT2D eigenvalue weighted by Gasteiger charge is 2.29. The van der Waals surface area contributed by atoms with Crippen LogP contribution in [0.3, 0.4) is 0 Å². The summed E-state index contributed by atoms with van der Waals surface area (Å²) in [6.45, 7) is 0. The molecule has 0 aliphatic rings. The van der Waals surface area contributed by atoms with Crippen LogP contribution < -0.4 is 16.4 Å². The average Bonchev–Trinajstić information content (AvgIpc) is 2.47. The zero-order valence-electron chi connectivity index (χ0n) is 11.4. The van der Waals surface area contributed by atoms with Gasteiger partial charge in [0.1, 0.15) is 0 Å². The van der Waals surface area contributed by atoms with Crippen molar-refractivity contribution in [2.24, 2.45) is 7.05 Å². The van der Waals surface area contributed by atoms with Crippen molar-refractivity contribution in [2.45, 2.75) is 6.18 Å². The highest BCUT2D eigenvalue weighted by molar-refractivity contribution is 5.94. The van der Waals surface area contributed by atoms with Crippen LogP contribution in [0, 0.1) is 0 Å². The Morgan fingerprint density at radius 1 is 1.09 bits per heavy atom. The number of benzene rings is 1. The van der Waals surface area contributed by atoms with Crippen LogP contribution in [0.4, 0.5) is 18.9 Å². The molecule has 8 heteroatoms. The predicted molar refractivity (Wildman–Crippen MR) is 74.2 cm³/mol. The lowest BCUT2D eigenvalue weighted by Crippen LogP contribution is -2.30. The van der Waals surface area contributed by atoms with Gasteiger partial charge in [0, 0.05) is 19.3 Å². The Labute approximate surface area is 123 Å². The quantitative estimate of drug-likeness (QED) is 0.854. The van der Waals surface area contributed by atoms with Crippen LogP contribution >= 0.6 is 0 Å². The van der Waals surface area contributed by atoms with Crippen molar-refractivity contribution in [2.75, 3.05) is 5.43 Å². The number of carbonyl (C=O) groups excluding carboxylic acids is 1. The molecule has 1 heterocycles. The Kier molecular flexibility index (Phi) is 4.20. The SMILES string of the molecule is Cn1cc(C(=O)NNc2ccc(C(F)(F)F)cc2)ccc1=O. The van der Waals surface area contributed by atoms with Gasteiger partial charge in [-0.3, -0.25) is 20.4 Å². The van der Waals surface area contributed by atoms with Gasteiger partial charge >= 0.3 is 6.18 Å². The minimum Gasteiger partial charge on any atom is -0.318 e. The minimum atomic E-state index is -4.41. The molecule has 0 radical (unpaired) electrons. The molecule has 1 amide bonds. The number of amides is 1. The van der Waals surface area contributed by atoms with E-state index in [0.29, 0.717) is 5.69 Å². The number of alkyl halides is 3. The van der Waals surface area contributed by atoms with Crippen molar-refractivity contribution in [3.8, 4) is 0 Å². The zero-order valence-corrected chi connectivity index (χ0v) is 11.4. The third-order valence-corrected chi connectivity index (χ3v) is 2.88. The number of nitrogens with zero attached hydrogens (tertiary/aromatic N) is 1. The third-order valence-electron chi connectivity index (χ3n) is 2.88. The van der Waals surface area contributed by atoms with Crippen molar-refractivity contribution in [1.82, 2.24) is 9.99 Å². The Bertz CT molecular complexity index is 736. The van der Waals surface area contributed by atoms with E-state index in [9.17, 15) is 22.8 Å². The van der Waals surface area contributed by atoms with Crippen molar-refractivity contribution in [3.63, 3.8) is 0 Å². The predicted octanol–water partition coefficient (Wildman–Crippen LogP) is 2.16. The lowest BCUT2D eigenvalue weighted by Gasteiger charge is -2.11. The molecular formula is C14H12F3N3O2. The number of halogens is 3. The van der Waals surface area contributed by atoms with Crippen LogP contribution in [0.15, 0.2) is 47.4 Å². The Hall–Kier alpha value is -2.77. The van der Waals surface area contributed by atoms with E-state index in [1.54, 1.807) is 0 Å². The highest BCUT2D eigenvalue weighted by Crippen LogP contribution is 2.29. The van der Waals surface area contributed by atoms with Gasteiger partial charge in [0.15, 0.2) is 0 Å². The first kappa shape index (κ1) is 15.6. The van der Waals surface area contributed by atoms with E-state index >= 15 is 0 Å². The van der Waals surface area contributed by atoms with E-state index in [1.165, 1.54) is 42.1 Å². The second-order valence-corrected chi connectivity index (χ2v) is 4.52. The Balaban J connectivity index is 2.02. The lowest BCUT2D eigenvalue weighted by atomic mass is 10.2. The zero-order chi connectivity index (χ0) is 16.3. The molecule has 0 saturated carbocycles. The van der Waals surface area contributed by atoms with Gasteiger partial charge < -0.3 is 4.57 Å². The van der Waals surface area contributed by atoms with E-state index < -0.39 is 17.6 Å². The molecule has 22 heavy (non-hydrogen) atoms. The summed E-state index contributed by atoms with van der Waals surface area (Å²) in [5, 5.41) is 0. The van der Waals surface area contributed by atoms with Gasteiger partial charge in [-0.1, -0.05) is 0 Å². The summed E-state index contributed by atoms with van der Waals surface area (Å²) in [6, 6.07) is 6.80. The largest absolute Gasteiger partial charge is 0.416 e. The van der Waals surface area contributed by atoms with E-state index in [4.69, 9.17) is 0 Å².